The Morgan fingerprint density at radius 2 is 1.00 bits per heavy atom. The minimum absolute atomic E-state index is 0.572. The van der Waals surface area contributed by atoms with Crippen LogP contribution in [0.4, 0.5) is 17.1 Å². The second-order valence-electron chi connectivity index (χ2n) is 18.2. The first kappa shape index (κ1) is 39.2. The van der Waals surface area contributed by atoms with E-state index in [1.165, 1.54) is 92.5 Å². The van der Waals surface area contributed by atoms with Gasteiger partial charge in [0.2, 0.25) is 0 Å². The van der Waals surface area contributed by atoms with Crippen molar-refractivity contribution in [2.75, 3.05) is 4.90 Å². The molecule has 0 saturated heterocycles. The summed E-state index contributed by atoms with van der Waals surface area (Å²) in [5.41, 5.74) is 17.3. The topological polar surface area (TPSA) is 21.3 Å². The van der Waals surface area contributed by atoms with Gasteiger partial charge in [-0.05, 0) is 106 Å². The molecule has 0 amide bonds. The fraction of sp³-hybridized carbons (Fsp3) is 0.0938. The predicted molar refractivity (Wildman–Crippen MR) is 282 cm³/mol. The van der Waals surface area contributed by atoms with Gasteiger partial charge in [-0.3, -0.25) is 0 Å². The van der Waals surface area contributed by atoms with Gasteiger partial charge < -0.3 is 13.9 Å². The Morgan fingerprint density at radius 1 is 0.418 bits per heavy atom. The highest BCUT2D eigenvalue weighted by Gasteiger charge is 2.24. The molecule has 320 valence electrons. The van der Waals surface area contributed by atoms with Crippen LogP contribution in [-0.4, -0.2) is 4.57 Å². The van der Waals surface area contributed by atoms with E-state index in [1.54, 1.807) is 0 Å². The fourth-order valence-electron chi connectivity index (χ4n) is 11.3. The molecule has 0 radical (unpaired) electrons. The lowest BCUT2D eigenvalue weighted by atomic mass is 9.80. The molecule has 1 aliphatic carbocycles. The molecule has 13 rings (SSSR count). The number of benzene rings is 10. The zero-order valence-corrected chi connectivity index (χ0v) is 37.3. The number of hydrogen-bond acceptors (Lipinski definition) is 2. The molecule has 67 heavy (non-hydrogen) atoms. The number of aromatic nitrogens is 1. The normalized spacial score (nSPS) is 13.3. The summed E-state index contributed by atoms with van der Waals surface area (Å²) in [6.45, 7) is 0. The van der Waals surface area contributed by atoms with E-state index in [1.807, 2.05) is 6.07 Å². The van der Waals surface area contributed by atoms with Crippen LogP contribution in [0.15, 0.2) is 229 Å². The summed E-state index contributed by atoms with van der Waals surface area (Å²) in [7, 11) is 0. The van der Waals surface area contributed by atoms with Crippen molar-refractivity contribution in [2.24, 2.45) is 0 Å². The van der Waals surface area contributed by atoms with Gasteiger partial charge in [0.15, 0.2) is 0 Å². The molecule has 1 aliphatic rings. The van der Waals surface area contributed by atoms with Gasteiger partial charge in [0.1, 0.15) is 11.2 Å². The molecular weight excluding hydrogens is 813 g/mol. The van der Waals surface area contributed by atoms with Crippen molar-refractivity contribution in [3.8, 4) is 39.1 Å². The molecular formula is C64H48N2O. The van der Waals surface area contributed by atoms with Crippen molar-refractivity contribution in [1.29, 1.82) is 0 Å². The Labute approximate surface area is 390 Å². The van der Waals surface area contributed by atoms with E-state index in [0.717, 1.165) is 55.8 Å². The minimum Gasteiger partial charge on any atom is -0.455 e. The van der Waals surface area contributed by atoms with E-state index in [2.05, 4.69) is 228 Å². The Balaban J connectivity index is 0.982. The van der Waals surface area contributed by atoms with E-state index in [4.69, 9.17) is 4.42 Å². The molecule has 1 fully saturated rings. The van der Waals surface area contributed by atoms with Gasteiger partial charge >= 0.3 is 0 Å². The van der Waals surface area contributed by atoms with Gasteiger partial charge in [-0.1, -0.05) is 189 Å². The molecule has 2 heterocycles. The number of para-hydroxylation sites is 6. The summed E-state index contributed by atoms with van der Waals surface area (Å²) in [5, 5.41) is 7.46. The Bertz CT molecular complexity index is 3770. The third kappa shape index (κ3) is 6.64. The molecule has 0 unspecified atom stereocenters. The summed E-state index contributed by atoms with van der Waals surface area (Å²) < 4.78 is 8.95. The van der Waals surface area contributed by atoms with Crippen LogP contribution in [0, 0.1) is 0 Å². The van der Waals surface area contributed by atoms with Crippen molar-refractivity contribution in [3.63, 3.8) is 0 Å². The lowest BCUT2D eigenvalue weighted by Crippen LogP contribution is -2.11. The molecule has 0 spiro atoms. The second-order valence-corrected chi connectivity index (χ2v) is 18.2. The molecule has 0 N–H and O–H groups in total. The Morgan fingerprint density at radius 3 is 1.79 bits per heavy atom. The summed E-state index contributed by atoms with van der Waals surface area (Å²) >= 11 is 0. The van der Waals surface area contributed by atoms with E-state index in [9.17, 15) is 0 Å². The summed E-state index contributed by atoms with van der Waals surface area (Å²) in [6.07, 6.45) is 6.44. The number of hydrogen-bond donors (Lipinski definition) is 0. The second kappa shape index (κ2) is 16.4. The fourth-order valence-corrected chi connectivity index (χ4v) is 11.3. The van der Waals surface area contributed by atoms with Crippen molar-refractivity contribution in [1.82, 2.24) is 4.57 Å². The van der Waals surface area contributed by atoms with Crippen LogP contribution in [0.1, 0.15) is 43.6 Å². The van der Waals surface area contributed by atoms with Gasteiger partial charge in [-0.25, -0.2) is 0 Å². The van der Waals surface area contributed by atoms with Gasteiger partial charge in [-0.2, -0.15) is 0 Å². The first-order chi connectivity index (χ1) is 33.3. The van der Waals surface area contributed by atoms with E-state index >= 15 is 0 Å². The maximum Gasteiger partial charge on any atom is 0.143 e. The maximum absolute atomic E-state index is 6.52. The first-order valence-corrected chi connectivity index (χ1v) is 23.9. The molecule has 10 aromatic carbocycles. The zero-order chi connectivity index (χ0) is 44.3. The quantitative estimate of drug-likeness (QED) is 0.152. The lowest BCUT2D eigenvalue weighted by molar-refractivity contribution is 0.445. The molecule has 0 bridgehead atoms. The van der Waals surface area contributed by atoms with E-state index in [0.29, 0.717) is 5.92 Å². The maximum atomic E-state index is 6.52. The van der Waals surface area contributed by atoms with E-state index < -0.39 is 0 Å². The van der Waals surface area contributed by atoms with Crippen LogP contribution < -0.4 is 4.90 Å². The zero-order valence-electron chi connectivity index (χ0n) is 37.3. The predicted octanol–water partition coefficient (Wildman–Crippen LogP) is 18.4. The van der Waals surface area contributed by atoms with Crippen LogP contribution in [0.25, 0.3) is 93.6 Å². The summed E-state index contributed by atoms with van der Waals surface area (Å²) in [6, 6.07) is 82.2. The highest BCUT2D eigenvalue weighted by molar-refractivity contribution is 6.14. The Kier molecular flexibility index (Phi) is 9.60. The number of fused-ring (bicyclic) bond motifs is 7. The molecule has 3 heteroatoms. The summed E-state index contributed by atoms with van der Waals surface area (Å²) in [5.74, 6) is 0.572. The first-order valence-electron chi connectivity index (χ1n) is 23.9. The molecule has 0 aliphatic heterocycles. The van der Waals surface area contributed by atoms with Crippen molar-refractivity contribution in [3.05, 3.63) is 230 Å². The number of furan rings is 1. The SMILES string of the molecule is c1ccc(-n2c3ccccc3c3cccc(-c4ccc(N(c5ccc(-c6cccc7c6oc6ccccc67)cc5)c5ccccc5-c5cccc6cccc(C7CCCCC7)c56)cc4)c32)cc1. The van der Waals surface area contributed by atoms with Crippen molar-refractivity contribution in [2.45, 2.75) is 38.0 Å². The average molecular weight is 861 g/mol. The highest BCUT2D eigenvalue weighted by Crippen LogP contribution is 2.47. The van der Waals surface area contributed by atoms with E-state index in [-0.39, 0.29) is 0 Å². The number of nitrogens with zero attached hydrogens (tertiary/aromatic N) is 2. The third-order valence-corrected chi connectivity index (χ3v) is 14.4. The molecule has 3 nitrogen and oxygen atoms in total. The third-order valence-electron chi connectivity index (χ3n) is 14.4. The average Bonchev–Trinajstić information content (AvgIpc) is 3.96. The van der Waals surface area contributed by atoms with Crippen LogP contribution in [0.3, 0.4) is 0 Å². The van der Waals surface area contributed by atoms with Crippen LogP contribution >= 0.6 is 0 Å². The monoisotopic (exact) mass is 860 g/mol. The standard InChI is InChI=1S/C64H48N2O/c1-3-17-43(18-4-1)50-26-13-19-46-20-14-29-56(62(46)50)53-23-7-10-32-59(53)65(49-41-37-45(38-42-49)52-28-16-31-58-55-25-9-12-34-61(55)67-64(52)58)48-39-35-44(36-40-48)51-27-15-30-57-54-24-8-11-33-60(54)66(63(51)57)47-21-5-2-6-22-47/h2,5-16,19-43H,1,3-4,17-18H2. The molecule has 12 aromatic rings. The molecule has 2 aromatic heterocycles. The number of rotatable bonds is 8. The highest BCUT2D eigenvalue weighted by atomic mass is 16.3. The van der Waals surface area contributed by atoms with Gasteiger partial charge in [-0.15, -0.1) is 0 Å². The van der Waals surface area contributed by atoms with Gasteiger partial charge in [0, 0.05) is 55.3 Å². The van der Waals surface area contributed by atoms with Crippen LogP contribution in [0.5, 0.6) is 0 Å². The van der Waals surface area contributed by atoms with Gasteiger partial charge in [0.25, 0.3) is 0 Å². The number of anilines is 3. The van der Waals surface area contributed by atoms with Crippen LogP contribution in [-0.2, 0) is 0 Å². The van der Waals surface area contributed by atoms with Crippen molar-refractivity contribution >= 4 is 71.6 Å². The molecule has 0 atom stereocenters. The minimum atomic E-state index is 0.572. The lowest BCUT2D eigenvalue weighted by Gasteiger charge is -2.29. The van der Waals surface area contributed by atoms with Crippen molar-refractivity contribution < 1.29 is 4.42 Å². The van der Waals surface area contributed by atoms with Gasteiger partial charge in [0.05, 0.1) is 16.7 Å². The Hall–Kier alpha value is -8.14. The summed E-state index contributed by atoms with van der Waals surface area (Å²) in [4.78, 5) is 2.45. The largest absolute Gasteiger partial charge is 0.455 e. The van der Waals surface area contributed by atoms with Crippen LogP contribution in [0.2, 0.25) is 0 Å². The smallest absolute Gasteiger partial charge is 0.143 e. The molecule has 1 saturated carbocycles.